The number of carbonyl (C=O) groups excluding carboxylic acids is 2. The van der Waals surface area contributed by atoms with Gasteiger partial charge < -0.3 is 11.1 Å². The molecular weight excluding hydrogens is 380 g/mol. The number of benzene rings is 1. The molecule has 2 amide bonds. The second-order valence-electron chi connectivity index (χ2n) is 7.54. The summed E-state index contributed by atoms with van der Waals surface area (Å²) in [7, 11) is -3.46. The Labute approximate surface area is 166 Å². The molecule has 28 heavy (non-hydrogen) atoms. The van der Waals surface area contributed by atoms with Gasteiger partial charge in [0.25, 0.3) is 0 Å². The molecule has 8 nitrogen and oxygen atoms in total. The Hall–Kier alpha value is -1.97. The van der Waals surface area contributed by atoms with Gasteiger partial charge >= 0.3 is 0 Å². The summed E-state index contributed by atoms with van der Waals surface area (Å²) >= 11 is 0. The molecule has 2 aliphatic rings. The highest BCUT2D eigenvalue weighted by atomic mass is 32.2. The average molecular weight is 409 g/mol. The van der Waals surface area contributed by atoms with Crippen LogP contribution >= 0.6 is 0 Å². The third-order valence-corrected chi connectivity index (χ3v) is 7.52. The number of carbonyl (C=O) groups is 2. The van der Waals surface area contributed by atoms with Crippen molar-refractivity contribution in [2.45, 2.75) is 43.5 Å². The van der Waals surface area contributed by atoms with E-state index in [1.54, 1.807) is 19.1 Å². The zero-order valence-corrected chi connectivity index (χ0v) is 17.0. The number of sulfonamides is 1. The zero-order valence-electron chi connectivity index (χ0n) is 16.1. The van der Waals surface area contributed by atoms with Crippen LogP contribution in [0.2, 0.25) is 0 Å². The van der Waals surface area contributed by atoms with Gasteiger partial charge in [0.05, 0.1) is 16.9 Å². The van der Waals surface area contributed by atoms with Gasteiger partial charge in [-0.05, 0) is 63.4 Å². The summed E-state index contributed by atoms with van der Waals surface area (Å²) in [5.41, 5.74) is 5.95. The lowest BCUT2D eigenvalue weighted by molar-refractivity contribution is -0.127. The molecule has 2 saturated heterocycles. The molecule has 0 radical (unpaired) electrons. The van der Waals surface area contributed by atoms with E-state index >= 15 is 0 Å². The van der Waals surface area contributed by atoms with Crippen molar-refractivity contribution in [2.24, 2.45) is 11.7 Å². The van der Waals surface area contributed by atoms with E-state index in [0.29, 0.717) is 25.3 Å². The van der Waals surface area contributed by atoms with Crippen LogP contribution in [0.15, 0.2) is 29.2 Å². The van der Waals surface area contributed by atoms with E-state index in [-0.39, 0.29) is 22.6 Å². The van der Waals surface area contributed by atoms with Crippen LogP contribution < -0.4 is 11.1 Å². The molecule has 0 saturated carbocycles. The minimum Gasteiger partial charge on any atom is -0.369 e. The Bertz CT molecular complexity index is 819. The van der Waals surface area contributed by atoms with Crippen LogP contribution in [0.25, 0.3) is 0 Å². The smallest absolute Gasteiger partial charge is 0.243 e. The number of nitrogens with one attached hydrogen (secondary N) is 1. The molecule has 9 heteroatoms. The Morgan fingerprint density at radius 1 is 1.11 bits per heavy atom. The average Bonchev–Trinajstić information content (AvgIpc) is 3.23. The van der Waals surface area contributed by atoms with Crippen LogP contribution in [0.3, 0.4) is 0 Å². The maximum absolute atomic E-state index is 12.6. The second-order valence-corrected chi connectivity index (χ2v) is 9.48. The first-order valence-corrected chi connectivity index (χ1v) is 11.2. The first kappa shape index (κ1) is 20.8. The number of hydrogen-bond donors (Lipinski definition) is 2. The van der Waals surface area contributed by atoms with E-state index < -0.39 is 16.1 Å². The Kier molecular flexibility index (Phi) is 6.36. The molecule has 0 bridgehead atoms. The van der Waals surface area contributed by atoms with Crippen molar-refractivity contribution in [3.05, 3.63) is 24.3 Å². The van der Waals surface area contributed by atoms with Gasteiger partial charge in [-0.25, -0.2) is 8.42 Å². The number of likely N-dealkylation sites (tertiary alicyclic amines) is 1. The molecular formula is C19H28N4O4S. The van der Waals surface area contributed by atoms with E-state index in [2.05, 4.69) is 5.32 Å². The highest BCUT2D eigenvalue weighted by molar-refractivity contribution is 7.89. The van der Waals surface area contributed by atoms with Crippen LogP contribution in [0.4, 0.5) is 5.69 Å². The molecule has 0 spiro atoms. The number of anilines is 1. The predicted molar refractivity (Wildman–Crippen MR) is 106 cm³/mol. The van der Waals surface area contributed by atoms with E-state index in [1.807, 2.05) is 4.90 Å². The fraction of sp³-hybridized carbons (Fsp3) is 0.579. The summed E-state index contributed by atoms with van der Waals surface area (Å²) in [5, 5.41) is 2.83. The van der Waals surface area contributed by atoms with Gasteiger partial charge in [-0.1, -0.05) is 0 Å². The standard InChI is InChI=1S/C19H28N4O4S/c1-14(22-10-4-5-15(13-22)18(20)24)19(25)21-16-6-8-17(9-7-16)28(26,27)23-11-2-3-12-23/h6-9,14-15H,2-5,10-13H2,1H3,(H2,20,24)(H,21,25)/t14-,15-/m0/s1. The normalized spacial score (nSPS) is 22.7. The molecule has 3 rings (SSSR count). The maximum atomic E-state index is 12.6. The van der Waals surface area contributed by atoms with Gasteiger partial charge in [-0.2, -0.15) is 4.31 Å². The first-order valence-electron chi connectivity index (χ1n) is 9.73. The lowest BCUT2D eigenvalue weighted by Crippen LogP contribution is -2.49. The number of piperidine rings is 1. The number of nitrogens with two attached hydrogens (primary N) is 1. The number of amides is 2. The van der Waals surface area contributed by atoms with Gasteiger partial charge in [0.2, 0.25) is 21.8 Å². The fourth-order valence-electron chi connectivity index (χ4n) is 3.79. The SMILES string of the molecule is C[C@@H](C(=O)Nc1ccc(S(=O)(=O)N2CCCC2)cc1)N1CCC[C@H](C(N)=O)C1. The quantitative estimate of drug-likeness (QED) is 0.729. The van der Waals surface area contributed by atoms with Gasteiger partial charge in [-0.15, -0.1) is 0 Å². The van der Waals surface area contributed by atoms with E-state index in [4.69, 9.17) is 5.73 Å². The van der Waals surface area contributed by atoms with Gasteiger partial charge in [-0.3, -0.25) is 14.5 Å². The molecule has 154 valence electrons. The molecule has 1 aromatic rings. The topological polar surface area (TPSA) is 113 Å². The van der Waals surface area contributed by atoms with Crippen molar-refractivity contribution in [2.75, 3.05) is 31.5 Å². The number of hydrogen-bond acceptors (Lipinski definition) is 5. The molecule has 2 fully saturated rings. The number of primary amides is 1. The van der Waals surface area contributed by atoms with Crippen molar-refractivity contribution in [3.8, 4) is 0 Å². The minimum atomic E-state index is -3.46. The molecule has 0 unspecified atom stereocenters. The minimum absolute atomic E-state index is 0.194. The summed E-state index contributed by atoms with van der Waals surface area (Å²) in [6.07, 6.45) is 3.36. The third kappa shape index (κ3) is 4.53. The molecule has 2 atom stereocenters. The molecule has 0 aliphatic carbocycles. The monoisotopic (exact) mass is 408 g/mol. The Balaban J connectivity index is 1.62. The van der Waals surface area contributed by atoms with Crippen LogP contribution in [-0.4, -0.2) is 61.7 Å². The Morgan fingerprint density at radius 2 is 1.75 bits per heavy atom. The van der Waals surface area contributed by atoms with Crippen molar-refractivity contribution < 1.29 is 18.0 Å². The van der Waals surface area contributed by atoms with Crippen LogP contribution in [-0.2, 0) is 19.6 Å². The largest absolute Gasteiger partial charge is 0.369 e. The molecule has 0 aromatic heterocycles. The van der Waals surface area contributed by atoms with Crippen LogP contribution in [0, 0.1) is 5.92 Å². The third-order valence-electron chi connectivity index (χ3n) is 5.61. The molecule has 3 N–H and O–H groups in total. The molecule has 2 aliphatic heterocycles. The summed E-state index contributed by atoms with van der Waals surface area (Å²) < 4.78 is 26.6. The van der Waals surface area contributed by atoms with Crippen molar-refractivity contribution in [1.82, 2.24) is 9.21 Å². The highest BCUT2D eigenvalue weighted by Gasteiger charge is 2.30. The van der Waals surface area contributed by atoms with E-state index in [0.717, 1.165) is 32.2 Å². The van der Waals surface area contributed by atoms with Crippen molar-refractivity contribution >= 4 is 27.5 Å². The maximum Gasteiger partial charge on any atom is 0.243 e. The first-order chi connectivity index (χ1) is 13.3. The lowest BCUT2D eigenvalue weighted by atomic mass is 9.96. The fourth-order valence-corrected chi connectivity index (χ4v) is 5.31. The van der Waals surface area contributed by atoms with Gasteiger partial charge in [0, 0.05) is 25.3 Å². The summed E-state index contributed by atoms with van der Waals surface area (Å²) in [6, 6.07) is 5.86. The molecule has 2 heterocycles. The highest BCUT2D eigenvalue weighted by Crippen LogP contribution is 2.23. The van der Waals surface area contributed by atoms with E-state index in [1.165, 1.54) is 16.4 Å². The number of nitrogens with zero attached hydrogens (tertiary/aromatic N) is 2. The Morgan fingerprint density at radius 3 is 2.36 bits per heavy atom. The lowest BCUT2D eigenvalue weighted by Gasteiger charge is -2.34. The predicted octanol–water partition coefficient (Wildman–Crippen LogP) is 0.995. The van der Waals surface area contributed by atoms with Crippen molar-refractivity contribution in [1.29, 1.82) is 0 Å². The van der Waals surface area contributed by atoms with Gasteiger partial charge in [0.1, 0.15) is 0 Å². The summed E-state index contributed by atoms with van der Waals surface area (Å²) in [6.45, 7) is 4.13. The molecule has 1 aromatic carbocycles. The van der Waals surface area contributed by atoms with E-state index in [9.17, 15) is 18.0 Å². The second kappa shape index (κ2) is 8.59. The zero-order chi connectivity index (χ0) is 20.3. The van der Waals surface area contributed by atoms with Crippen LogP contribution in [0.1, 0.15) is 32.6 Å². The van der Waals surface area contributed by atoms with Crippen LogP contribution in [0.5, 0.6) is 0 Å². The summed E-state index contributed by atoms with van der Waals surface area (Å²) in [4.78, 5) is 26.2. The number of rotatable bonds is 6. The van der Waals surface area contributed by atoms with Gasteiger partial charge in [0.15, 0.2) is 0 Å². The van der Waals surface area contributed by atoms with Crippen molar-refractivity contribution in [3.63, 3.8) is 0 Å². The summed E-state index contributed by atoms with van der Waals surface area (Å²) in [5.74, 6) is -0.744.